The summed E-state index contributed by atoms with van der Waals surface area (Å²) in [5.74, 6) is -0.277. The number of carbonyl (C=O) groups is 1. The molecule has 1 aliphatic heterocycles. The van der Waals surface area contributed by atoms with Gasteiger partial charge in [-0.3, -0.25) is 9.30 Å². The third-order valence-electron chi connectivity index (χ3n) is 3.98. The largest absolute Gasteiger partial charge is 1.00 e. The molecule has 120 valence electrons. The Bertz CT molecular complexity index is 674. The second-order valence-electron chi connectivity index (χ2n) is 5.53. The first-order valence-electron chi connectivity index (χ1n) is 7.37. The summed E-state index contributed by atoms with van der Waals surface area (Å²) < 4.78 is 7.29. The first-order chi connectivity index (χ1) is 10.6. The molecule has 0 aromatic carbocycles. The predicted octanol–water partition coefficient (Wildman–Crippen LogP) is -2.22. The number of carboxylic acids is 1. The predicted molar refractivity (Wildman–Crippen MR) is 82.7 cm³/mol. The van der Waals surface area contributed by atoms with Crippen molar-refractivity contribution in [1.82, 2.24) is 19.2 Å². The maximum Gasteiger partial charge on any atom is 1.00 e. The van der Waals surface area contributed by atoms with Crippen LogP contribution in [0.25, 0.3) is 5.65 Å². The maximum atomic E-state index is 11.0. The Labute approximate surface area is 148 Å². The molecular formula is C15H21LiN4O3. The average Bonchev–Trinajstić information content (AvgIpc) is 2.92. The van der Waals surface area contributed by atoms with E-state index in [1.54, 1.807) is 18.3 Å². The molecule has 0 aliphatic carbocycles. The second-order valence-corrected chi connectivity index (χ2v) is 5.53. The van der Waals surface area contributed by atoms with E-state index in [4.69, 9.17) is 9.84 Å². The topological polar surface area (TPSA) is 70.3 Å². The number of imidazole rings is 1. The first-order valence-corrected chi connectivity index (χ1v) is 7.37. The number of rotatable bonds is 5. The summed E-state index contributed by atoms with van der Waals surface area (Å²) in [6.45, 7) is 5.85. The molecule has 0 atom stereocenters. The molecular weight excluding hydrogens is 291 g/mol. The SMILES string of the molecule is CN1CCN(CCOc2ccn3c(C(=O)O)cnc3c2)CC1.[H-].[Li+]. The van der Waals surface area contributed by atoms with Gasteiger partial charge < -0.3 is 16.2 Å². The Kier molecular flexibility index (Phi) is 6.08. The van der Waals surface area contributed by atoms with E-state index in [9.17, 15) is 4.79 Å². The Balaban J connectivity index is 0.00000144. The van der Waals surface area contributed by atoms with Crippen molar-refractivity contribution < 1.29 is 34.9 Å². The molecule has 3 rings (SSSR count). The number of nitrogens with zero attached hydrogens (tertiary/aromatic N) is 4. The Morgan fingerprint density at radius 3 is 2.83 bits per heavy atom. The van der Waals surface area contributed by atoms with Gasteiger partial charge in [0.15, 0.2) is 5.69 Å². The van der Waals surface area contributed by atoms with Gasteiger partial charge >= 0.3 is 24.8 Å². The number of aromatic nitrogens is 2. The van der Waals surface area contributed by atoms with Crippen molar-refractivity contribution in [2.45, 2.75) is 0 Å². The second kappa shape index (κ2) is 7.84. The van der Waals surface area contributed by atoms with E-state index in [-0.39, 0.29) is 26.0 Å². The van der Waals surface area contributed by atoms with Crippen molar-refractivity contribution in [1.29, 1.82) is 0 Å². The van der Waals surface area contributed by atoms with Crippen molar-refractivity contribution in [3.63, 3.8) is 0 Å². The quantitative estimate of drug-likeness (QED) is 0.631. The number of hydrogen-bond donors (Lipinski definition) is 1. The molecule has 3 heterocycles. The van der Waals surface area contributed by atoms with Crippen molar-refractivity contribution >= 4 is 11.6 Å². The van der Waals surface area contributed by atoms with Crippen LogP contribution in [0.4, 0.5) is 0 Å². The summed E-state index contributed by atoms with van der Waals surface area (Å²) in [5, 5.41) is 9.04. The van der Waals surface area contributed by atoms with Crippen molar-refractivity contribution in [2.75, 3.05) is 46.4 Å². The third-order valence-corrected chi connectivity index (χ3v) is 3.98. The molecule has 0 radical (unpaired) electrons. The number of pyridine rings is 1. The van der Waals surface area contributed by atoms with E-state index >= 15 is 0 Å². The molecule has 1 fully saturated rings. The number of fused-ring (bicyclic) bond motifs is 1. The van der Waals surface area contributed by atoms with Gasteiger partial charge in [-0.2, -0.15) is 0 Å². The summed E-state index contributed by atoms with van der Waals surface area (Å²) in [6.07, 6.45) is 3.03. The zero-order valence-electron chi connectivity index (χ0n) is 14.6. The van der Waals surface area contributed by atoms with Gasteiger partial charge in [0.05, 0.1) is 6.20 Å². The first kappa shape index (κ1) is 17.8. The summed E-state index contributed by atoms with van der Waals surface area (Å²) >= 11 is 0. The molecule has 2 aromatic rings. The average molecular weight is 312 g/mol. The number of hydrogen-bond acceptors (Lipinski definition) is 5. The summed E-state index contributed by atoms with van der Waals surface area (Å²) in [7, 11) is 2.14. The number of aromatic carboxylic acids is 1. The summed E-state index contributed by atoms with van der Waals surface area (Å²) in [5.41, 5.74) is 0.730. The minimum absolute atomic E-state index is 0. The van der Waals surface area contributed by atoms with Gasteiger partial charge in [-0.05, 0) is 13.1 Å². The van der Waals surface area contributed by atoms with Crippen LogP contribution in [0.1, 0.15) is 11.9 Å². The van der Waals surface area contributed by atoms with Crippen molar-refractivity contribution in [2.24, 2.45) is 0 Å². The molecule has 0 spiro atoms. The standard InChI is InChI=1S/C15H20N4O3.Li.H/c1-17-4-6-18(7-5-17)8-9-22-12-2-3-19-13(15(20)21)11-16-14(19)10-12;;/h2-3,10-11H,4-9H2,1H3,(H,20,21);;/q;+1;-1. The number of carboxylic acid groups (broad SMARTS) is 1. The van der Waals surface area contributed by atoms with E-state index in [0.29, 0.717) is 18.0 Å². The molecule has 0 saturated carbocycles. The minimum atomic E-state index is -0.990. The molecule has 23 heavy (non-hydrogen) atoms. The zero-order chi connectivity index (χ0) is 15.5. The van der Waals surface area contributed by atoms with Crippen LogP contribution < -0.4 is 23.6 Å². The van der Waals surface area contributed by atoms with Crippen LogP contribution in [0, 0.1) is 0 Å². The van der Waals surface area contributed by atoms with Crippen LogP contribution >= 0.6 is 0 Å². The van der Waals surface area contributed by atoms with Gasteiger partial charge in [0.1, 0.15) is 18.0 Å². The van der Waals surface area contributed by atoms with E-state index < -0.39 is 5.97 Å². The van der Waals surface area contributed by atoms with Crippen LogP contribution in [-0.2, 0) is 0 Å². The van der Waals surface area contributed by atoms with Gasteiger partial charge in [-0.25, -0.2) is 9.78 Å². The summed E-state index contributed by atoms with van der Waals surface area (Å²) in [6, 6.07) is 3.53. The normalized spacial score (nSPS) is 16.2. The van der Waals surface area contributed by atoms with Crippen molar-refractivity contribution in [3.8, 4) is 5.75 Å². The smallest absolute Gasteiger partial charge is 1.00 e. The monoisotopic (exact) mass is 312 g/mol. The maximum absolute atomic E-state index is 11.0. The molecule has 0 unspecified atom stereocenters. The van der Waals surface area contributed by atoms with Crippen LogP contribution in [0.5, 0.6) is 5.75 Å². The third kappa shape index (κ3) is 4.27. The van der Waals surface area contributed by atoms with Gasteiger partial charge in [0.25, 0.3) is 0 Å². The van der Waals surface area contributed by atoms with Gasteiger partial charge in [-0.15, -0.1) is 0 Å². The Morgan fingerprint density at radius 1 is 1.39 bits per heavy atom. The fourth-order valence-corrected chi connectivity index (χ4v) is 2.57. The Hall–Kier alpha value is -1.52. The van der Waals surface area contributed by atoms with Crippen molar-refractivity contribution in [3.05, 3.63) is 30.2 Å². The van der Waals surface area contributed by atoms with Crippen LogP contribution in [-0.4, -0.2) is 76.6 Å². The van der Waals surface area contributed by atoms with E-state index in [1.807, 2.05) is 0 Å². The zero-order valence-corrected chi connectivity index (χ0v) is 13.6. The fourth-order valence-electron chi connectivity index (χ4n) is 2.57. The molecule has 7 nitrogen and oxygen atoms in total. The van der Waals surface area contributed by atoms with Crippen LogP contribution in [0.15, 0.2) is 24.5 Å². The van der Waals surface area contributed by atoms with E-state index in [0.717, 1.165) is 32.7 Å². The molecule has 2 aromatic heterocycles. The number of likely N-dealkylation sites (N-methyl/N-ethyl adjacent to an activating group) is 1. The van der Waals surface area contributed by atoms with Gasteiger partial charge in [0.2, 0.25) is 0 Å². The number of ether oxygens (including phenoxy) is 1. The Morgan fingerprint density at radius 2 is 2.13 bits per heavy atom. The molecule has 1 aliphatic rings. The van der Waals surface area contributed by atoms with E-state index in [1.165, 1.54) is 10.6 Å². The van der Waals surface area contributed by atoms with Crippen LogP contribution in [0.2, 0.25) is 0 Å². The van der Waals surface area contributed by atoms with Crippen LogP contribution in [0.3, 0.4) is 0 Å². The van der Waals surface area contributed by atoms with E-state index in [2.05, 4.69) is 21.8 Å². The molecule has 0 bridgehead atoms. The minimum Gasteiger partial charge on any atom is -1.00 e. The number of piperazine rings is 1. The van der Waals surface area contributed by atoms with Gasteiger partial charge in [-0.1, -0.05) is 0 Å². The summed E-state index contributed by atoms with van der Waals surface area (Å²) in [4.78, 5) is 19.8. The molecule has 0 amide bonds. The molecule has 8 heteroatoms. The molecule has 1 saturated heterocycles. The van der Waals surface area contributed by atoms with Gasteiger partial charge in [0, 0.05) is 45.0 Å². The fraction of sp³-hybridized carbons (Fsp3) is 0.467. The molecule has 1 N–H and O–H groups in total.